The minimum absolute atomic E-state index is 0.228. The Hall–Kier alpha value is -2.59. The lowest BCUT2D eigenvalue weighted by Gasteiger charge is -2.32. The largest absolute Gasteiger partial charge is 0.387 e. The van der Waals surface area contributed by atoms with Gasteiger partial charge in [0.05, 0.1) is 6.07 Å². The molecule has 7 nitrogen and oxygen atoms in total. The molecule has 1 atom stereocenters. The Labute approximate surface area is 147 Å². The summed E-state index contributed by atoms with van der Waals surface area (Å²) in [7, 11) is 0. The van der Waals surface area contributed by atoms with Crippen LogP contribution in [-0.2, 0) is 9.59 Å². The minimum atomic E-state index is -0.762. The van der Waals surface area contributed by atoms with Crippen LogP contribution in [0.5, 0.6) is 0 Å². The van der Waals surface area contributed by atoms with Crippen molar-refractivity contribution in [2.45, 2.75) is 50.6 Å². The Morgan fingerprint density at radius 1 is 1.28 bits per heavy atom. The van der Waals surface area contributed by atoms with Crippen molar-refractivity contribution in [3.05, 3.63) is 24.3 Å². The van der Waals surface area contributed by atoms with E-state index in [1.807, 2.05) is 0 Å². The summed E-state index contributed by atoms with van der Waals surface area (Å²) in [6, 6.07) is 8.62. The molecule has 0 spiro atoms. The highest BCUT2D eigenvalue weighted by Crippen LogP contribution is 2.27. The van der Waals surface area contributed by atoms with Gasteiger partial charge in [0.15, 0.2) is 0 Å². The van der Waals surface area contributed by atoms with Crippen molar-refractivity contribution in [3.63, 3.8) is 0 Å². The van der Waals surface area contributed by atoms with Crippen LogP contribution in [0.25, 0.3) is 0 Å². The van der Waals surface area contributed by atoms with Gasteiger partial charge in [-0.1, -0.05) is 25.3 Å². The van der Waals surface area contributed by atoms with E-state index in [9.17, 15) is 14.9 Å². The number of hydrogen-bond donors (Lipinski definition) is 4. The molecule has 7 heteroatoms. The molecule has 0 heterocycles. The molecular weight excluding hydrogens is 320 g/mol. The fourth-order valence-electron chi connectivity index (χ4n) is 2.97. The normalized spacial score (nSPS) is 17.0. The predicted octanol–water partition coefficient (Wildman–Crippen LogP) is 1.76. The molecule has 134 valence electrons. The SMILES string of the molecule is C[C@H](Nc1cccc(NC(=O)CO)c1)C(=O)NC1(C#N)CCCCC1. The van der Waals surface area contributed by atoms with E-state index in [4.69, 9.17) is 5.11 Å². The molecule has 1 fully saturated rings. The maximum Gasteiger partial charge on any atom is 0.250 e. The van der Waals surface area contributed by atoms with Crippen LogP contribution in [0.4, 0.5) is 11.4 Å². The topological polar surface area (TPSA) is 114 Å². The maximum absolute atomic E-state index is 12.5. The molecule has 1 aliphatic carbocycles. The van der Waals surface area contributed by atoms with E-state index in [-0.39, 0.29) is 5.91 Å². The first-order valence-corrected chi connectivity index (χ1v) is 8.48. The van der Waals surface area contributed by atoms with Crippen LogP contribution in [0.3, 0.4) is 0 Å². The lowest BCUT2D eigenvalue weighted by molar-refractivity contribution is -0.123. The van der Waals surface area contributed by atoms with Crippen LogP contribution in [0.2, 0.25) is 0 Å². The highest BCUT2D eigenvalue weighted by Gasteiger charge is 2.34. The maximum atomic E-state index is 12.5. The zero-order chi connectivity index (χ0) is 18.3. The average molecular weight is 344 g/mol. The second-order valence-corrected chi connectivity index (χ2v) is 6.40. The molecule has 0 unspecified atom stereocenters. The summed E-state index contributed by atoms with van der Waals surface area (Å²) in [5, 5.41) is 26.7. The van der Waals surface area contributed by atoms with E-state index in [1.165, 1.54) is 0 Å². The summed E-state index contributed by atoms with van der Waals surface area (Å²) < 4.78 is 0. The molecule has 0 bridgehead atoms. The molecule has 2 rings (SSSR count). The van der Waals surface area contributed by atoms with Gasteiger partial charge in [-0.25, -0.2) is 0 Å². The molecule has 25 heavy (non-hydrogen) atoms. The molecule has 0 aliphatic heterocycles. The van der Waals surface area contributed by atoms with Crippen molar-refractivity contribution in [1.29, 1.82) is 5.26 Å². The highest BCUT2D eigenvalue weighted by atomic mass is 16.3. The Kier molecular flexibility index (Phi) is 6.37. The first kappa shape index (κ1) is 18.7. The lowest BCUT2D eigenvalue weighted by atomic mass is 9.82. The van der Waals surface area contributed by atoms with Gasteiger partial charge in [-0.15, -0.1) is 0 Å². The van der Waals surface area contributed by atoms with Gasteiger partial charge in [-0.3, -0.25) is 9.59 Å². The van der Waals surface area contributed by atoms with Crippen LogP contribution in [0, 0.1) is 11.3 Å². The summed E-state index contributed by atoms with van der Waals surface area (Å²) in [6.45, 7) is 1.13. The first-order chi connectivity index (χ1) is 12.0. The van der Waals surface area contributed by atoms with Crippen LogP contribution >= 0.6 is 0 Å². The summed E-state index contributed by atoms with van der Waals surface area (Å²) in [5.41, 5.74) is 0.424. The van der Waals surface area contributed by atoms with Crippen LogP contribution in [0.1, 0.15) is 39.0 Å². The van der Waals surface area contributed by atoms with E-state index in [0.29, 0.717) is 24.2 Å². The number of nitrogens with one attached hydrogen (secondary N) is 3. The molecule has 4 N–H and O–H groups in total. The zero-order valence-corrected chi connectivity index (χ0v) is 14.3. The first-order valence-electron chi connectivity index (χ1n) is 8.48. The van der Waals surface area contributed by atoms with Crippen molar-refractivity contribution in [3.8, 4) is 6.07 Å². The molecule has 2 amide bonds. The Bertz CT molecular complexity index is 663. The number of hydrogen-bond acceptors (Lipinski definition) is 5. The average Bonchev–Trinajstić information content (AvgIpc) is 2.62. The monoisotopic (exact) mass is 344 g/mol. The number of aliphatic hydroxyl groups excluding tert-OH is 1. The molecular formula is C18H24N4O3. The van der Waals surface area contributed by atoms with Gasteiger partial charge in [0.25, 0.3) is 0 Å². The summed E-state index contributed by atoms with van der Waals surface area (Å²) in [5.74, 6) is -0.732. The number of carbonyl (C=O) groups excluding carboxylic acids is 2. The van der Waals surface area contributed by atoms with Crippen molar-refractivity contribution in [1.82, 2.24) is 5.32 Å². The zero-order valence-electron chi connectivity index (χ0n) is 14.3. The molecule has 1 aliphatic rings. The summed E-state index contributed by atoms with van der Waals surface area (Å²) in [6.07, 6.45) is 4.36. The number of rotatable bonds is 6. The number of benzene rings is 1. The molecule has 0 saturated heterocycles. The summed E-state index contributed by atoms with van der Waals surface area (Å²) >= 11 is 0. The van der Waals surface area contributed by atoms with Crippen LogP contribution < -0.4 is 16.0 Å². The van der Waals surface area contributed by atoms with Gasteiger partial charge in [-0.05, 0) is 38.0 Å². The van der Waals surface area contributed by atoms with Crippen molar-refractivity contribution in [2.75, 3.05) is 17.2 Å². The van der Waals surface area contributed by atoms with E-state index in [0.717, 1.165) is 19.3 Å². The van der Waals surface area contributed by atoms with E-state index >= 15 is 0 Å². The van der Waals surface area contributed by atoms with E-state index < -0.39 is 24.1 Å². The molecule has 1 aromatic carbocycles. The third-order valence-corrected chi connectivity index (χ3v) is 4.35. The number of amides is 2. The lowest BCUT2D eigenvalue weighted by Crippen LogP contribution is -2.52. The van der Waals surface area contributed by atoms with Gasteiger partial charge in [0.2, 0.25) is 11.8 Å². The quantitative estimate of drug-likeness (QED) is 0.628. The van der Waals surface area contributed by atoms with Crippen molar-refractivity contribution in [2.24, 2.45) is 0 Å². The van der Waals surface area contributed by atoms with Gasteiger partial charge < -0.3 is 21.1 Å². The Morgan fingerprint density at radius 3 is 2.60 bits per heavy atom. The molecule has 1 aromatic rings. The molecule has 1 saturated carbocycles. The fourth-order valence-corrected chi connectivity index (χ4v) is 2.97. The standard InChI is InChI=1S/C18H24N4O3/c1-13(17(25)22-18(12-19)8-3-2-4-9-18)20-14-6-5-7-15(10-14)21-16(24)11-23/h5-7,10,13,20,23H,2-4,8-9,11H2,1H3,(H,21,24)(H,22,25)/t13-/m0/s1. The Morgan fingerprint density at radius 2 is 1.96 bits per heavy atom. The van der Waals surface area contributed by atoms with E-state index in [1.54, 1.807) is 31.2 Å². The molecule has 0 aromatic heterocycles. The fraction of sp³-hybridized carbons (Fsp3) is 0.500. The van der Waals surface area contributed by atoms with Crippen LogP contribution in [-0.4, -0.2) is 35.1 Å². The Balaban J connectivity index is 1.98. The second kappa shape index (κ2) is 8.49. The van der Waals surface area contributed by atoms with Gasteiger partial charge in [-0.2, -0.15) is 5.26 Å². The van der Waals surface area contributed by atoms with Crippen molar-refractivity contribution < 1.29 is 14.7 Å². The minimum Gasteiger partial charge on any atom is -0.387 e. The van der Waals surface area contributed by atoms with Gasteiger partial charge in [0.1, 0.15) is 18.2 Å². The number of nitriles is 1. The predicted molar refractivity (Wildman–Crippen MR) is 94.8 cm³/mol. The van der Waals surface area contributed by atoms with Crippen LogP contribution in [0.15, 0.2) is 24.3 Å². The van der Waals surface area contributed by atoms with E-state index in [2.05, 4.69) is 22.0 Å². The van der Waals surface area contributed by atoms with Gasteiger partial charge in [0, 0.05) is 11.4 Å². The number of carbonyl (C=O) groups is 2. The smallest absolute Gasteiger partial charge is 0.250 e. The third-order valence-electron chi connectivity index (χ3n) is 4.35. The third kappa shape index (κ3) is 5.19. The summed E-state index contributed by atoms with van der Waals surface area (Å²) in [4.78, 5) is 23.7. The van der Waals surface area contributed by atoms with Crippen molar-refractivity contribution >= 4 is 23.2 Å². The number of anilines is 2. The second-order valence-electron chi connectivity index (χ2n) is 6.40. The number of nitrogens with zero attached hydrogens (tertiary/aromatic N) is 1. The highest BCUT2D eigenvalue weighted by molar-refractivity contribution is 5.92. The molecule has 0 radical (unpaired) electrons. The number of aliphatic hydroxyl groups is 1. The van der Waals surface area contributed by atoms with Gasteiger partial charge >= 0.3 is 0 Å².